The zero-order chi connectivity index (χ0) is 15.5. The smallest absolute Gasteiger partial charge is 0.406 e. The van der Waals surface area contributed by atoms with Gasteiger partial charge in [0.1, 0.15) is 18.9 Å². The largest absolute Gasteiger partial charge is 0.480 e. The van der Waals surface area contributed by atoms with E-state index < -0.39 is 37.0 Å². The number of carbonyl (C=O) groups is 2. The average Bonchev–Trinajstić information content (AvgIpc) is 2.23. The number of hydrogen-bond acceptors (Lipinski definition) is 2. The Bertz CT molecular complexity index is 508. The molecule has 0 saturated heterocycles. The number of carboxylic acids is 1. The van der Waals surface area contributed by atoms with Gasteiger partial charge in [0, 0.05) is 5.56 Å². The van der Waals surface area contributed by atoms with E-state index in [1.54, 1.807) is 0 Å². The second-order valence-electron chi connectivity index (χ2n) is 4.19. The molecule has 8 heteroatoms. The number of aryl methyl sites for hydroxylation is 1. The second kappa shape index (κ2) is 5.89. The van der Waals surface area contributed by atoms with Crippen LogP contribution in [0.5, 0.6) is 0 Å². The number of halogens is 4. The fourth-order valence-corrected chi connectivity index (χ4v) is 1.62. The zero-order valence-electron chi connectivity index (χ0n) is 10.4. The lowest BCUT2D eigenvalue weighted by Crippen LogP contribution is -2.42. The molecule has 4 nitrogen and oxygen atoms in total. The van der Waals surface area contributed by atoms with Gasteiger partial charge in [0.05, 0.1) is 0 Å². The predicted octanol–water partition coefficient (Wildman–Crippen LogP) is 2.22. The van der Waals surface area contributed by atoms with Crippen molar-refractivity contribution in [3.05, 3.63) is 35.1 Å². The summed E-state index contributed by atoms with van der Waals surface area (Å²) in [6.07, 6.45) is -4.74. The van der Waals surface area contributed by atoms with Crippen molar-refractivity contribution < 1.29 is 32.3 Å². The van der Waals surface area contributed by atoms with Crippen molar-refractivity contribution in [2.75, 3.05) is 13.1 Å². The van der Waals surface area contributed by atoms with E-state index in [0.717, 1.165) is 12.1 Å². The summed E-state index contributed by atoms with van der Waals surface area (Å²) in [6.45, 7) is -1.37. The summed E-state index contributed by atoms with van der Waals surface area (Å²) in [5.41, 5.74) is 0.0173. The lowest BCUT2D eigenvalue weighted by molar-refractivity contribution is -0.149. The number of rotatable bonds is 4. The van der Waals surface area contributed by atoms with Crippen LogP contribution in [0.25, 0.3) is 0 Å². The first kappa shape index (κ1) is 15.9. The van der Waals surface area contributed by atoms with Gasteiger partial charge in [0.25, 0.3) is 5.91 Å². The van der Waals surface area contributed by atoms with Crippen LogP contribution in [-0.2, 0) is 4.79 Å². The first-order valence-electron chi connectivity index (χ1n) is 5.43. The van der Waals surface area contributed by atoms with E-state index in [0.29, 0.717) is 5.56 Å². The van der Waals surface area contributed by atoms with Crippen LogP contribution < -0.4 is 0 Å². The van der Waals surface area contributed by atoms with Gasteiger partial charge in [-0.15, -0.1) is 0 Å². The van der Waals surface area contributed by atoms with Crippen LogP contribution in [0.4, 0.5) is 17.6 Å². The highest BCUT2D eigenvalue weighted by atomic mass is 19.4. The van der Waals surface area contributed by atoms with Crippen molar-refractivity contribution in [1.82, 2.24) is 4.90 Å². The number of nitrogens with zero attached hydrogens (tertiary/aromatic N) is 1. The van der Waals surface area contributed by atoms with Crippen LogP contribution in [0.2, 0.25) is 0 Å². The van der Waals surface area contributed by atoms with Crippen molar-refractivity contribution >= 4 is 11.9 Å². The van der Waals surface area contributed by atoms with Crippen molar-refractivity contribution in [2.45, 2.75) is 13.1 Å². The van der Waals surface area contributed by atoms with Gasteiger partial charge in [0.15, 0.2) is 0 Å². The Labute approximate surface area is 111 Å². The van der Waals surface area contributed by atoms with E-state index in [-0.39, 0.29) is 10.5 Å². The van der Waals surface area contributed by atoms with Gasteiger partial charge in [0.2, 0.25) is 0 Å². The van der Waals surface area contributed by atoms with E-state index in [1.165, 1.54) is 13.0 Å². The maximum Gasteiger partial charge on any atom is 0.406 e. The van der Waals surface area contributed by atoms with Gasteiger partial charge >= 0.3 is 12.1 Å². The zero-order valence-corrected chi connectivity index (χ0v) is 10.4. The van der Waals surface area contributed by atoms with Gasteiger partial charge in [-0.2, -0.15) is 13.2 Å². The molecule has 0 spiro atoms. The quantitative estimate of drug-likeness (QED) is 0.866. The predicted molar refractivity (Wildman–Crippen MR) is 60.7 cm³/mol. The molecule has 0 heterocycles. The molecule has 1 amide bonds. The fourth-order valence-electron chi connectivity index (χ4n) is 1.62. The monoisotopic (exact) mass is 293 g/mol. The summed E-state index contributed by atoms with van der Waals surface area (Å²) < 4.78 is 50.1. The number of amides is 1. The minimum Gasteiger partial charge on any atom is -0.480 e. The van der Waals surface area contributed by atoms with Crippen LogP contribution in [-0.4, -0.2) is 41.1 Å². The Morgan fingerprint density at radius 3 is 2.30 bits per heavy atom. The summed E-state index contributed by atoms with van der Waals surface area (Å²) in [6, 6.07) is 3.05. The molecular formula is C12H11F4NO3. The van der Waals surface area contributed by atoms with Crippen molar-refractivity contribution in [3.63, 3.8) is 0 Å². The highest BCUT2D eigenvalue weighted by Crippen LogP contribution is 2.19. The van der Waals surface area contributed by atoms with Gasteiger partial charge < -0.3 is 10.0 Å². The Balaban J connectivity index is 3.06. The Kier molecular flexibility index (Phi) is 4.69. The summed E-state index contributed by atoms with van der Waals surface area (Å²) >= 11 is 0. The molecule has 1 N–H and O–H groups in total. The first-order chi connectivity index (χ1) is 9.08. The number of carbonyl (C=O) groups excluding carboxylic acids is 1. The number of alkyl halides is 3. The van der Waals surface area contributed by atoms with E-state index in [9.17, 15) is 27.2 Å². The Morgan fingerprint density at radius 1 is 1.25 bits per heavy atom. The lowest BCUT2D eigenvalue weighted by atomic mass is 10.1. The van der Waals surface area contributed by atoms with Crippen LogP contribution in [0.15, 0.2) is 18.2 Å². The molecule has 0 fully saturated rings. The molecule has 0 radical (unpaired) electrons. The van der Waals surface area contributed by atoms with Gasteiger partial charge in [-0.05, 0) is 30.7 Å². The fraction of sp³-hybridized carbons (Fsp3) is 0.333. The molecule has 20 heavy (non-hydrogen) atoms. The normalized spacial score (nSPS) is 11.2. The molecule has 1 aromatic rings. The highest BCUT2D eigenvalue weighted by Gasteiger charge is 2.34. The molecule has 1 rings (SSSR count). The standard InChI is InChI=1S/C12H11F4NO3/c1-7-2-8(4-9(13)3-7)11(20)17(5-10(18)19)6-12(14,15)16/h2-4H,5-6H2,1H3,(H,18,19). The van der Waals surface area contributed by atoms with Crippen LogP contribution >= 0.6 is 0 Å². The van der Waals surface area contributed by atoms with Gasteiger partial charge in [-0.3, -0.25) is 9.59 Å². The van der Waals surface area contributed by atoms with Crippen LogP contribution in [0, 0.1) is 12.7 Å². The molecule has 110 valence electrons. The molecule has 0 aliphatic heterocycles. The van der Waals surface area contributed by atoms with Crippen LogP contribution in [0.3, 0.4) is 0 Å². The Hall–Kier alpha value is -2.12. The minimum absolute atomic E-state index is 0.108. The third kappa shape index (κ3) is 4.87. The summed E-state index contributed by atoms with van der Waals surface area (Å²) in [4.78, 5) is 22.5. The SMILES string of the molecule is Cc1cc(F)cc(C(=O)N(CC(=O)O)CC(F)(F)F)c1. The van der Waals surface area contributed by atoms with Crippen molar-refractivity contribution in [1.29, 1.82) is 0 Å². The third-order valence-corrected chi connectivity index (χ3v) is 2.27. The maximum absolute atomic E-state index is 13.1. The number of benzene rings is 1. The van der Waals surface area contributed by atoms with E-state index in [1.807, 2.05) is 0 Å². The second-order valence-corrected chi connectivity index (χ2v) is 4.19. The molecule has 0 aromatic heterocycles. The van der Waals surface area contributed by atoms with E-state index in [2.05, 4.69) is 0 Å². The average molecular weight is 293 g/mol. The lowest BCUT2D eigenvalue weighted by Gasteiger charge is -2.22. The van der Waals surface area contributed by atoms with E-state index >= 15 is 0 Å². The van der Waals surface area contributed by atoms with Gasteiger partial charge in [-0.25, -0.2) is 4.39 Å². The van der Waals surface area contributed by atoms with Gasteiger partial charge in [-0.1, -0.05) is 0 Å². The van der Waals surface area contributed by atoms with E-state index in [4.69, 9.17) is 5.11 Å². The topological polar surface area (TPSA) is 57.6 Å². The molecule has 0 unspecified atom stereocenters. The maximum atomic E-state index is 13.1. The number of hydrogen-bond donors (Lipinski definition) is 1. The first-order valence-corrected chi connectivity index (χ1v) is 5.43. The summed E-state index contributed by atoms with van der Waals surface area (Å²) in [5, 5.41) is 8.55. The molecular weight excluding hydrogens is 282 g/mol. The highest BCUT2D eigenvalue weighted by molar-refractivity contribution is 5.96. The molecule has 1 aromatic carbocycles. The minimum atomic E-state index is -4.74. The van der Waals surface area contributed by atoms with Crippen molar-refractivity contribution in [3.8, 4) is 0 Å². The molecule has 0 aliphatic carbocycles. The number of carboxylic acid groups (broad SMARTS) is 1. The van der Waals surface area contributed by atoms with Crippen LogP contribution in [0.1, 0.15) is 15.9 Å². The summed E-state index contributed by atoms with van der Waals surface area (Å²) in [5.74, 6) is -3.56. The molecule has 0 bridgehead atoms. The number of aliphatic carboxylic acids is 1. The molecule has 0 atom stereocenters. The van der Waals surface area contributed by atoms with Crippen molar-refractivity contribution in [2.24, 2.45) is 0 Å². The molecule has 0 saturated carbocycles. The molecule has 0 aliphatic rings. The summed E-state index contributed by atoms with van der Waals surface area (Å²) in [7, 11) is 0. The third-order valence-electron chi connectivity index (χ3n) is 2.27. The Morgan fingerprint density at radius 2 is 1.85 bits per heavy atom.